The predicted octanol–water partition coefficient (Wildman–Crippen LogP) is 23.3. The zero-order chi connectivity index (χ0) is 59.6. The lowest BCUT2D eigenvalue weighted by molar-refractivity contribution is 0.668. The van der Waals surface area contributed by atoms with E-state index in [0.29, 0.717) is 0 Å². The van der Waals surface area contributed by atoms with Crippen LogP contribution in [0.5, 0.6) is 0 Å². The molecule has 8 nitrogen and oxygen atoms in total. The highest BCUT2D eigenvalue weighted by molar-refractivity contribution is 6.31. The summed E-state index contributed by atoms with van der Waals surface area (Å²) in [6.07, 6.45) is 0. The minimum Gasteiger partial charge on any atom is -0.456 e. The van der Waals surface area contributed by atoms with Crippen molar-refractivity contribution in [1.82, 2.24) is 18.3 Å². The van der Waals surface area contributed by atoms with Crippen molar-refractivity contribution in [1.29, 1.82) is 0 Å². The Morgan fingerprint density at radius 2 is 0.500 bits per heavy atom. The van der Waals surface area contributed by atoms with Gasteiger partial charge in [-0.3, -0.25) is 0 Å². The summed E-state index contributed by atoms with van der Waals surface area (Å²) in [5.41, 5.74) is 22.1. The monoisotopic (exact) mass is 1170 g/mol. The lowest BCUT2D eigenvalue weighted by Crippen LogP contribution is -2.03. The number of fused-ring (bicyclic) bond motifs is 28. The highest BCUT2D eigenvalue weighted by Crippen LogP contribution is 2.49. The van der Waals surface area contributed by atoms with Crippen LogP contribution in [0.4, 0.5) is 0 Å². The maximum absolute atomic E-state index is 7.06. The average molecular weight is 1180 g/mol. The van der Waals surface area contributed by atoms with E-state index in [4.69, 9.17) is 17.7 Å². The molecule has 0 atom stereocenters. The van der Waals surface area contributed by atoms with Crippen LogP contribution in [0.3, 0.4) is 0 Å². The highest BCUT2D eigenvalue weighted by Gasteiger charge is 2.27. The molecule has 0 unspecified atom stereocenters. The number of rotatable bonds is 5. The van der Waals surface area contributed by atoms with E-state index in [1.54, 1.807) is 0 Å². The van der Waals surface area contributed by atoms with Crippen molar-refractivity contribution < 1.29 is 17.7 Å². The van der Waals surface area contributed by atoms with Gasteiger partial charge < -0.3 is 35.9 Å². The van der Waals surface area contributed by atoms with Crippen LogP contribution < -0.4 is 0 Å². The summed E-state index contributed by atoms with van der Waals surface area (Å²) in [5.74, 6) is 0. The minimum absolute atomic E-state index is 0.818. The van der Waals surface area contributed by atoms with Crippen LogP contribution in [0.25, 0.3) is 209 Å². The maximum Gasteiger partial charge on any atom is 0.137 e. The van der Waals surface area contributed by atoms with Crippen LogP contribution in [0.1, 0.15) is 0 Å². The molecule has 8 heterocycles. The Bertz CT molecular complexity index is 7030. The zero-order valence-electron chi connectivity index (χ0n) is 49.0. The molecule has 92 heavy (non-hydrogen) atoms. The summed E-state index contributed by atoms with van der Waals surface area (Å²) < 4.78 is 36.8. The van der Waals surface area contributed by atoms with Gasteiger partial charge in [0.05, 0.1) is 77.7 Å². The SMILES string of the molecule is c1ccc(-n2c3ccccc3c3c4c(ccc32)oc2ccc(-c3ccc5c(c3)oc3ccc6c7ccccc7n(-c7ccccc7-n7c8ccccc8c8ccc9oc%10ccccc%10c9c87)c6c35)cc24)c(-n2c3ccccc3c3c4c(ccc32)oc2ccccc24)c1. The van der Waals surface area contributed by atoms with Gasteiger partial charge in [0.25, 0.3) is 0 Å². The number of aromatic nitrogens is 4. The van der Waals surface area contributed by atoms with E-state index >= 15 is 0 Å². The fourth-order valence-electron chi connectivity index (χ4n) is 16.2. The molecule has 0 radical (unpaired) electrons. The molecule has 426 valence electrons. The smallest absolute Gasteiger partial charge is 0.137 e. The van der Waals surface area contributed by atoms with E-state index in [9.17, 15) is 0 Å². The number of hydrogen-bond donors (Lipinski definition) is 0. The van der Waals surface area contributed by atoms with Gasteiger partial charge in [0.15, 0.2) is 0 Å². The van der Waals surface area contributed by atoms with Gasteiger partial charge in [0, 0.05) is 75.4 Å². The fourth-order valence-corrected chi connectivity index (χ4v) is 16.2. The van der Waals surface area contributed by atoms with E-state index < -0.39 is 0 Å². The van der Waals surface area contributed by atoms with E-state index in [-0.39, 0.29) is 0 Å². The van der Waals surface area contributed by atoms with E-state index in [2.05, 4.69) is 285 Å². The van der Waals surface area contributed by atoms with Crippen molar-refractivity contribution in [2.45, 2.75) is 0 Å². The van der Waals surface area contributed by atoms with E-state index in [1.165, 1.54) is 26.9 Å². The predicted molar refractivity (Wildman–Crippen MR) is 378 cm³/mol. The molecule has 0 amide bonds. The van der Waals surface area contributed by atoms with Crippen LogP contribution in [-0.4, -0.2) is 18.3 Å². The lowest BCUT2D eigenvalue weighted by atomic mass is 9.99. The molecule has 22 aromatic rings. The van der Waals surface area contributed by atoms with E-state index in [0.717, 1.165) is 182 Å². The van der Waals surface area contributed by atoms with Gasteiger partial charge >= 0.3 is 0 Å². The molecule has 0 aliphatic heterocycles. The Labute approximate surface area is 520 Å². The summed E-state index contributed by atoms with van der Waals surface area (Å²) in [5, 5.41) is 18.1. The quantitative estimate of drug-likeness (QED) is 0.172. The zero-order valence-corrected chi connectivity index (χ0v) is 49.0. The molecule has 8 heteroatoms. The Morgan fingerprint density at radius 3 is 1.02 bits per heavy atom. The van der Waals surface area contributed by atoms with Crippen molar-refractivity contribution in [3.63, 3.8) is 0 Å². The molecule has 0 N–H and O–H groups in total. The molecule has 0 saturated heterocycles. The average Bonchev–Trinajstić information content (AvgIpc) is 1.57. The standard InChI is InChI=1S/C84H46N4O4/c1-7-23-59-49(17-1)51-36-41-74-81(56-22-6-16-32-70(56)90-74)83(51)87(59)65-29-13-14-30-66(65)88-60-24-8-2-18-50(60)52-37-42-75-82(84(52)88)57-35-33-48(46-76(57)92-75)47-34-40-71-58(45-47)80-73(91-71)44-39-68-78(80)54-20-4-10-26-62(54)86(68)64-28-12-11-27-63(64)85-61-25-9-3-19-53(61)77-67(85)38-43-72-79(77)55-21-5-15-31-69(55)89-72/h1-46H. The largest absolute Gasteiger partial charge is 0.456 e. The summed E-state index contributed by atoms with van der Waals surface area (Å²) in [6, 6.07) is 100. The van der Waals surface area contributed by atoms with Gasteiger partial charge in [-0.25, -0.2) is 0 Å². The Balaban J connectivity index is 0.727. The van der Waals surface area contributed by atoms with Gasteiger partial charge in [-0.1, -0.05) is 146 Å². The van der Waals surface area contributed by atoms with Crippen molar-refractivity contribution in [3.05, 3.63) is 279 Å². The topological polar surface area (TPSA) is 72.3 Å². The van der Waals surface area contributed by atoms with Gasteiger partial charge in [-0.15, -0.1) is 0 Å². The van der Waals surface area contributed by atoms with Gasteiger partial charge in [-0.2, -0.15) is 0 Å². The molecule has 0 saturated carbocycles. The van der Waals surface area contributed by atoms with Gasteiger partial charge in [0.1, 0.15) is 44.7 Å². The molecular formula is C84H46N4O4. The van der Waals surface area contributed by atoms with Gasteiger partial charge in [-0.05, 0) is 145 Å². The summed E-state index contributed by atoms with van der Waals surface area (Å²) in [7, 11) is 0. The molecule has 0 bridgehead atoms. The van der Waals surface area contributed by atoms with Crippen molar-refractivity contribution >= 4 is 175 Å². The first kappa shape index (κ1) is 48.5. The van der Waals surface area contributed by atoms with Crippen molar-refractivity contribution in [2.24, 2.45) is 0 Å². The van der Waals surface area contributed by atoms with Crippen LogP contribution in [-0.2, 0) is 0 Å². The van der Waals surface area contributed by atoms with Gasteiger partial charge in [0.2, 0.25) is 0 Å². The van der Waals surface area contributed by atoms with Crippen LogP contribution in [0.15, 0.2) is 297 Å². The second kappa shape index (κ2) is 17.6. The maximum atomic E-state index is 7.06. The highest BCUT2D eigenvalue weighted by atomic mass is 16.3. The lowest BCUT2D eigenvalue weighted by Gasteiger charge is -2.17. The Morgan fingerprint density at radius 1 is 0.174 bits per heavy atom. The first-order chi connectivity index (χ1) is 45.7. The first-order valence-electron chi connectivity index (χ1n) is 31.3. The van der Waals surface area contributed by atoms with Crippen LogP contribution >= 0.6 is 0 Å². The van der Waals surface area contributed by atoms with Crippen molar-refractivity contribution in [2.75, 3.05) is 0 Å². The molecule has 0 aliphatic rings. The number of furan rings is 4. The summed E-state index contributed by atoms with van der Waals surface area (Å²) in [6.45, 7) is 0. The number of nitrogens with zero attached hydrogens (tertiary/aromatic N) is 4. The summed E-state index contributed by atoms with van der Waals surface area (Å²) in [4.78, 5) is 0. The number of hydrogen-bond acceptors (Lipinski definition) is 4. The molecule has 22 rings (SSSR count). The van der Waals surface area contributed by atoms with Crippen LogP contribution in [0.2, 0.25) is 0 Å². The second-order valence-corrected chi connectivity index (χ2v) is 24.5. The Hall–Kier alpha value is -12.5. The van der Waals surface area contributed by atoms with Crippen LogP contribution in [0, 0.1) is 0 Å². The third kappa shape index (κ3) is 6.24. The normalized spacial score (nSPS) is 12.6. The second-order valence-electron chi connectivity index (χ2n) is 24.5. The Kier molecular flexibility index (Phi) is 9.29. The fraction of sp³-hybridized carbons (Fsp3) is 0. The third-order valence-electron chi connectivity index (χ3n) is 20.0. The molecule has 0 spiro atoms. The molecule has 8 aromatic heterocycles. The van der Waals surface area contributed by atoms with E-state index in [1.807, 2.05) is 12.1 Å². The number of para-hydroxylation sites is 10. The third-order valence-corrected chi connectivity index (χ3v) is 20.0. The molecule has 14 aromatic carbocycles. The summed E-state index contributed by atoms with van der Waals surface area (Å²) >= 11 is 0. The number of benzene rings is 14. The van der Waals surface area contributed by atoms with Crippen molar-refractivity contribution in [3.8, 4) is 33.9 Å². The minimum atomic E-state index is 0.818. The molecule has 0 fully saturated rings. The first-order valence-corrected chi connectivity index (χ1v) is 31.3. The molecule has 0 aliphatic carbocycles. The molecular weight excluding hydrogens is 1130 g/mol.